The smallest absolute Gasteiger partial charge is 0.325 e. The number of nitriles is 1. The number of nitrogen functional groups attached to an aromatic ring is 1. The monoisotopic (exact) mass is 445 g/mol. The molecular weight excluding hydrogens is 432 g/mol. The van der Waals surface area contributed by atoms with E-state index in [4.69, 9.17) is 15.7 Å². The summed E-state index contributed by atoms with van der Waals surface area (Å²) in [6, 6.07) is 2.85. The Morgan fingerprint density at radius 3 is 2.78 bits per heavy atom. The Morgan fingerprint density at radius 1 is 1.31 bits per heavy atom. The zero-order valence-electron chi connectivity index (χ0n) is 15.9. The molecule has 3 aromatic rings. The lowest BCUT2D eigenvalue weighted by molar-refractivity contribution is -0.0609. The molecule has 1 saturated heterocycles. The first kappa shape index (κ1) is 20.7. The van der Waals surface area contributed by atoms with Crippen LogP contribution in [0.1, 0.15) is 5.69 Å². The largest absolute Gasteiger partial charge is 0.465 e. The van der Waals surface area contributed by atoms with E-state index in [1.54, 1.807) is 6.07 Å². The Morgan fingerprint density at radius 2 is 2.09 bits per heavy atom. The fraction of sp³-hybridized carbons (Fsp3) is 0.235. The molecule has 0 spiro atoms. The molecule has 0 aromatic carbocycles. The van der Waals surface area contributed by atoms with Crippen LogP contribution in [-0.2, 0) is 0 Å². The molecule has 3 aromatic heterocycles. The van der Waals surface area contributed by atoms with Crippen LogP contribution in [-0.4, -0.2) is 55.2 Å². The minimum atomic E-state index is -3.39. The number of H-pyrrole nitrogens is 3. The molecule has 0 amide bonds. The standard InChI is InChI=1S/C17H13F2N9O4/c18-17(19)6-28(5-11(17)32-12-4-22-9(2-20)13(21)24-12)10-1-8(26-27-15(10)30)7-3-23-16(31)25-14(7)29/h1,3-4,11H,5-6H2,(H2,21,24)(H,27,30)(H2,23,25,29,31). The summed E-state index contributed by atoms with van der Waals surface area (Å²) in [7, 11) is 0. The van der Waals surface area contributed by atoms with Crippen molar-refractivity contribution in [1.82, 2.24) is 30.1 Å². The van der Waals surface area contributed by atoms with Gasteiger partial charge in [-0.25, -0.2) is 23.7 Å². The highest BCUT2D eigenvalue weighted by atomic mass is 19.3. The lowest BCUT2D eigenvalue weighted by Crippen LogP contribution is -2.36. The van der Waals surface area contributed by atoms with Crippen LogP contribution in [0.15, 0.2) is 32.8 Å². The second kappa shape index (κ2) is 7.58. The molecule has 32 heavy (non-hydrogen) atoms. The van der Waals surface area contributed by atoms with Gasteiger partial charge in [-0.05, 0) is 6.07 Å². The first-order valence-electron chi connectivity index (χ1n) is 8.92. The van der Waals surface area contributed by atoms with Crippen LogP contribution in [0.4, 0.5) is 20.3 Å². The van der Waals surface area contributed by atoms with Crippen LogP contribution in [0, 0.1) is 11.3 Å². The maximum atomic E-state index is 14.6. The topological polar surface area (TPSA) is 200 Å². The Kier molecular flexibility index (Phi) is 4.89. The van der Waals surface area contributed by atoms with E-state index in [1.807, 2.05) is 4.98 Å². The van der Waals surface area contributed by atoms with Crippen LogP contribution in [0.5, 0.6) is 5.88 Å². The number of alkyl halides is 2. The SMILES string of the molecule is N#Cc1ncc(OC2CN(c3cc(-c4c[nH]c(=O)[nH]c4=O)n[nH]c3=O)CC2(F)F)nc1N. The normalized spacial score (nSPS) is 17.2. The zero-order valence-corrected chi connectivity index (χ0v) is 15.9. The van der Waals surface area contributed by atoms with Gasteiger partial charge < -0.3 is 20.4 Å². The molecule has 1 fully saturated rings. The lowest BCUT2D eigenvalue weighted by atomic mass is 10.2. The number of anilines is 2. The third-order valence-electron chi connectivity index (χ3n) is 4.63. The third-order valence-corrected chi connectivity index (χ3v) is 4.63. The van der Waals surface area contributed by atoms with E-state index in [9.17, 15) is 23.2 Å². The average Bonchev–Trinajstić information content (AvgIpc) is 3.03. The highest BCUT2D eigenvalue weighted by Gasteiger charge is 2.51. The molecule has 0 radical (unpaired) electrons. The van der Waals surface area contributed by atoms with Gasteiger partial charge in [-0.15, -0.1) is 0 Å². The molecule has 1 unspecified atom stereocenters. The summed E-state index contributed by atoms with van der Waals surface area (Å²) in [5.74, 6) is -3.97. The van der Waals surface area contributed by atoms with Crippen LogP contribution in [0.25, 0.3) is 11.3 Å². The van der Waals surface area contributed by atoms with E-state index < -0.39 is 41.9 Å². The quantitative estimate of drug-likeness (QED) is 0.384. The van der Waals surface area contributed by atoms with Gasteiger partial charge in [0.1, 0.15) is 11.8 Å². The minimum Gasteiger partial charge on any atom is -0.465 e. The van der Waals surface area contributed by atoms with Crippen molar-refractivity contribution in [3.8, 4) is 23.2 Å². The molecule has 5 N–H and O–H groups in total. The summed E-state index contributed by atoms with van der Waals surface area (Å²) in [6.45, 7) is -1.28. The average molecular weight is 445 g/mol. The number of aromatic nitrogens is 6. The van der Waals surface area contributed by atoms with E-state index in [1.165, 1.54) is 0 Å². The molecule has 1 atom stereocenters. The van der Waals surface area contributed by atoms with Gasteiger partial charge in [0.15, 0.2) is 17.6 Å². The van der Waals surface area contributed by atoms with Crippen molar-refractivity contribution >= 4 is 11.5 Å². The van der Waals surface area contributed by atoms with Crippen LogP contribution < -0.4 is 32.2 Å². The second-order valence-corrected chi connectivity index (χ2v) is 6.76. The van der Waals surface area contributed by atoms with Crippen LogP contribution in [0.3, 0.4) is 0 Å². The number of nitrogens with zero attached hydrogens (tertiary/aromatic N) is 5. The van der Waals surface area contributed by atoms with E-state index in [-0.39, 0.29) is 34.3 Å². The molecule has 1 aliphatic rings. The van der Waals surface area contributed by atoms with Crippen molar-refractivity contribution in [2.45, 2.75) is 12.0 Å². The van der Waals surface area contributed by atoms with Crippen molar-refractivity contribution in [2.75, 3.05) is 23.7 Å². The van der Waals surface area contributed by atoms with Crippen molar-refractivity contribution in [2.24, 2.45) is 0 Å². The van der Waals surface area contributed by atoms with Gasteiger partial charge in [0.25, 0.3) is 11.1 Å². The number of hydrogen-bond donors (Lipinski definition) is 4. The number of rotatable bonds is 4. The number of nitrogens with one attached hydrogen (secondary N) is 3. The summed E-state index contributed by atoms with van der Waals surface area (Å²) in [5.41, 5.74) is 2.76. The Balaban J connectivity index is 1.63. The molecule has 164 valence electrons. The number of nitrogens with two attached hydrogens (primary N) is 1. The van der Waals surface area contributed by atoms with Gasteiger partial charge in [0.05, 0.1) is 30.5 Å². The molecular formula is C17H13F2N9O4. The molecule has 13 nitrogen and oxygen atoms in total. The summed E-state index contributed by atoms with van der Waals surface area (Å²) in [4.78, 5) is 48.2. The second-order valence-electron chi connectivity index (χ2n) is 6.76. The lowest BCUT2D eigenvalue weighted by Gasteiger charge is -2.18. The molecule has 4 heterocycles. The fourth-order valence-corrected chi connectivity index (χ4v) is 3.11. The maximum Gasteiger partial charge on any atom is 0.325 e. The van der Waals surface area contributed by atoms with Crippen LogP contribution in [0.2, 0.25) is 0 Å². The van der Waals surface area contributed by atoms with Gasteiger partial charge >= 0.3 is 11.6 Å². The van der Waals surface area contributed by atoms with Crippen molar-refractivity contribution in [3.63, 3.8) is 0 Å². The maximum absolute atomic E-state index is 14.6. The molecule has 0 saturated carbocycles. The van der Waals surface area contributed by atoms with Gasteiger partial charge in [-0.1, -0.05) is 0 Å². The molecule has 15 heteroatoms. The van der Waals surface area contributed by atoms with Crippen molar-refractivity contribution < 1.29 is 13.5 Å². The Labute approximate surface area is 175 Å². The van der Waals surface area contributed by atoms with E-state index in [0.717, 1.165) is 23.4 Å². The minimum absolute atomic E-state index is 0.0458. The van der Waals surface area contributed by atoms with Crippen molar-refractivity contribution in [3.05, 3.63) is 55.3 Å². The first-order chi connectivity index (χ1) is 15.2. The number of halogens is 2. The third kappa shape index (κ3) is 3.76. The van der Waals surface area contributed by atoms with Gasteiger partial charge in [-0.2, -0.15) is 15.3 Å². The number of ether oxygens (including phenoxy) is 1. The summed E-state index contributed by atoms with van der Waals surface area (Å²) >= 11 is 0. The van der Waals surface area contributed by atoms with Gasteiger partial charge in [-0.3, -0.25) is 14.6 Å². The van der Waals surface area contributed by atoms with E-state index in [2.05, 4.69) is 25.1 Å². The van der Waals surface area contributed by atoms with Crippen molar-refractivity contribution in [1.29, 1.82) is 5.26 Å². The van der Waals surface area contributed by atoms with E-state index >= 15 is 0 Å². The predicted molar refractivity (Wildman–Crippen MR) is 104 cm³/mol. The highest BCUT2D eigenvalue weighted by Crippen LogP contribution is 2.33. The fourth-order valence-electron chi connectivity index (χ4n) is 3.11. The highest BCUT2D eigenvalue weighted by molar-refractivity contribution is 5.62. The van der Waals surface area contributed by atoms with Gasteiger partial charge in [0.2, 0.25) is 5.88 Å². The molecule has 0 bridgehead atoms. The summed E-state index contributed by atoms with van der Waals surface area (Å²) < 4.78 is 34.5. The summed E-state index contributed by atoms with van der Waals surface area (Å²) in [5, 5.41) is 14.7. The number of hydrogen-bond acceptors (Lipinski definition) is 10. The first-order valence-corrected chi connectivity index (χ1v) is 8.92. The van der Waals surface area contributed by atoms with E-state index in [0.29, 0.717) is 0 Å². The number of aromatic amines is 3. The Bertz CT molecular complexity index is 1410. The molecule has 4 rings (SSSR count). The van der Waals surface area contributed by atoms with Gasteiger partial charge in [0, 0.05) is 6.20 Å². The van der Waals surface area contributed by atoms with Crippen LogP contribution >= 0.6 is 0 Å². The molecule has 1 aliphatic heterocycles. The Hall–Kier alpha value is -4.61. The predicted octanol–water partition coefficient (Wildman–Crippen LogP) is -1.04. The molecule has 0 aliphatic carbocycles. The zero-order chi connectivity index (χ0) is 23.0. The summed E-state index contributed by atoms with van der Waals surface area (Å²) in [6.07, 6.45) is 0.369.